The Kier molecular flexibility index (Phi) is 5.26. The predicted molar refractivity (Wildman–Crippen MR) is 93.3 cm³/mol. The fourth-order valence-corrected chi connectivity index (χ4v) is 4.60. The third-order valence-corrected chi connectivity index (χ3v) is 5.62. The van der Waals surface area contributed by atoms with Gasteiger partial charge in [0.1, 0.15) is 9.35 Å². The highest BCUT2D eigenvalue weighted by molar-refractivity contribution is 8.15. The Morgan fingerprint density at radius 3 is 2.59 bits per heavy atom. The van der Waals surface area contributed by atoms with Crippen molar-refractivity contribution in [2.45, 2.75) is 14.8 Å². The van der Waals surface area contributed by atoms with Crippen molar-refractivity contribution in [3.8, 4) is 0 Å². The molecule has 3 nitrogen and oxygen atoms in total. The van der Waals surface area contributed by atoms with Crippen molar-refractivity contribution in [3.63, 3.8) is 0 Å². The highest BCUT2D eigenvalue weighted by atomic mass is 32.2. The summed E-state index contributed by atoms with van der Waals surface area (Å²) in [6.07, 6.45) is 5.75. The average molecular weight is 345 g/mol. The van der Waals surface area contributed by atoms with Crippen LogP contribution in [-0.2, 0) is 0 Å². The first-order chi connectivity index (χ1) is 10.8. The molecule has 0 fully saturated rings. The summed E-state index contributed by atoms with van der Waals surface area (Å²) in [6, 6.07) is 17.9. The number of nitrogens with one attached hydrogen (secondary N) is 1. The van der Waals surface area contributed by atoms with Gasteiger partial charge in [-0.1, -0.05) is 36.1 Å². The first kappa shape index (κ1) is 15.3. The molecule has 0 aliphatic rings. The largest absolute Gasteiger partial charge is 0.317 e. The second-order valence-corrected chi connectivity index (χ2v) is 7.32. The summed E-state index contributed by atoms with van der Waals surface area (Å²) in [4.78, 5) is 7.66. The first-order valence-corrected chi connectivity index (χ1v) is 8.88. The third kappa shape index (κ3) is 3.97. The Morgan fingerprint density at radius 1 is 1.00 bits per heavy atom. The van der Waals surface area contributed by atoms with Crippen molar-refractivity contribution in [3.05, 3.63) is 77.8 Å². The van der Waals surface area contributed by atoms with Crippen molar-refractivity contribution in [1.29, 1.82) is 0 Å². The number of nitrogens with zero attached hydrogens (tertiary/aromatic N) is 2. The quantitative estimate of drug-likeness (QED) is 0.388. The number of hydrogen-bond donors (Lipinski definition) is 0. The summed E-state index contributed by atoms with van der Waals surface area (Å²) in [6.45, 7) is 0. The first-order valence-electron chi connectivity index (χ1n) is 6.71. The van der Waals surface area contributed by atoms with Gasteiger partial charge < -0.3 is 4.57 Å². The Hall–Kier alpha value is -1.63. The summed E-state index contributed by atoms with van der Waals surface area (Å²) < 4.78 is 2.96. The van der Waals surface area contributed by atoms with Gasteiger partial charge in [-0.3, -0.25) is 0 Å². The van der Waals surface area contributed by atoms with Crippen LogP contribution in [0.2, 0.25) is 0 Å². The van der Waals surface area contributed by atoms with Crippen molar-refractivity contribution in [2.75, 3.05) is 0 Å². The summed E-state index contributed by atoms with van der Waals surface area (Å²) in [5.74, 6) is 0. The molecular formula is C16H14N3S3+. The predicted octanol–water partition coefficient (Wildman–Crippen LogP) is 4.47. The lowest BCUT2D eigenvalue weighted by molar-refractivity contribution is -0.426. The van der Waals surface area contributed by atoms with Crippen molar-refractivity contribution in [1.82, 2.24) is 9.55 Å². The lowest BCUT2D eigenvalue weighted by Gasteiger charge is -2.17. The molecule has 22 heavy (non-hydrogen) atoms. The van der Waals surface area contributed by atoms with E-state index in [1.54, 1.807) is 23.5 Å². The molecule has 1 unspecified atom stereocenters. The molecule has 0 aliphatic heterocycles. The molecule has 1 N–H and O–H groups in total. The van der Waals surface area contributed by atoms with Gasteiger partial charge in [-0.15, -0.1) is 0 Å². The van der Waals surface area contributed by atoms with E-state index in [9.17, 15) is 0 Å². The molecule has 3 aromatic rings. The Labute approximate surface area is 142 Å². The van der Waals surface area contributed by atoms with E-state index < -0.39 is 0 Å². The molecule has 0 aliphatic carbocycles. The molecule has 0 saturated heterocycles. The standard InChI is InChI=1S/C16H13N3S3/c20-15-9-3-6-12-19(15)16(21-13-7-1-4-10-17-13)22-14-8-2-5-11-18-14/h1-12,16H/p+1. The number of aromatic amines is 1. The Bertz CT molecular complexity index is 734. The van der Waals surface area contributed by atoms with E-state index >= 15 is 0 Å². The molecule has 0 aromatic carbocycles. The molecule has 3 aromatic heterocycles. The fourth-order valence-electron chi connectivity index (χ4n) is 1.83. The highest BCUT2D eigenvalue weighted by Crippen LogP contribution is 2.41. The van der Waals surface area contributed by atoms with E-state index in [0.29, 0.717) is 0 Å². The molecule has 0 bridgehead atoms. The maximum atomic E-state index is 5.47. The zero-order valence-electron chi connectivity index (χ0n) is 11.6. The molecular weight excluding hydrogens is 330 g/mol. The van der Waals surface area contributed by atoms with Gasteiger partial charge >= 0.3 is 0 Å². The monoisotopic (exact) mass is 344 g/mol. The van der Waals surface area contributed by atoms with Crippen LogP contribution in [0.1, 0.15) is 4.71 Å². The second-order valence-electron chi connectivity index (χ2n) is 4.38. The number of thioether (sulfide) groups is 2. The molecule has 3 heterocycles. The second kappa shape index (κ2) is 7.58. The van der Waals surface area contributed by atoms with Gasteiger partial charge in [-0.25, -0.2) is 9.97 Å². The third-order valence-electron chi connectivity index (χ3n) is 2.85. The minimum atomic E-state index is 0.0715. The van der Waals surface area contributed by atoms with E-state index in [2.05, 4.69) is 20.6 Å². The van der Waals surface area contributed by atoms with Gasteiger partial charge in [0.05, 0.1) is 5.03 Å². The smallest absolute Gasteiger partial charge is 0.241 e. The fraction of sp³-hybridized carbons (Fsp3) is 0.0625. The maximum Gasteiger partial charge on any atom is 0.241 e. The number of H-pyrrole nitrogens is 1. The Balaban J connectivity index is 1.92. The van der Waals surface area contributed by atoms with Crippen LogP contribution in [0, 0.1) is 4.64 Å². The molecule has 1 atom stereocenters. The summed E-state index contributed by atoms with van der Waals surface area (Å²) in [7, 11) is 0. The van der Waals surface area contributed by atoms with Gasteiger partial charge in [0.2, 0.25) is 5.03 Å². The molecule has 3 rings (SSSR count). The zero-order valence-corrected chi connectivity index (χ0v) is 14.1. The van der Waals surface area contributed by atoms with Gasteiger partial charge in [-0.05, 0) is 42.1 Å². The lowest BCUT2D eigenvalue weighted by Crippen LogP contribution is -2.08. The highest BCUT2D eigenvalue weighted by Gasteiger charge is 2.18. The van der Waals surface area contributed by atoms with Crippen LogP contribution in [0.4, 0.5) is 0 Å². The van der Waals surface area contributed by atoms with E-state index in [1.165, 1.54) is 0 Å². The zero-order chi connectivity index (χ0) is 15.2. The minimum absolute atomic E-state index is 0.0715. The molecule has 6 heteroatoms. The normalized spacial score (nSPS) is 12.0. The summed E-state index contributed by atoms with van der Waals surface area (Å²) >= 11 is 8.86. The maximum absolute atomic E-state index is 5.47. The number of aromatic nitrogens is 3. The van der Waals surface area contributed by atoms with Gasteiger partial charge in [0.25, 0.3) is 0 Å². The molecule has 0 saturated carbocycles. The summed E-state index contributed by atoms with van der Waals surface area (Å²) in [5, 5.41) is 2.06. The van der Waals surface area contributed by atoms with Crippen molar-refractivity contribution < 1.29 is 4.98 Å². The molecule has 0 amide bonds. The van der Waals surface area contributed by atoms with Crippen LogP contribution in [0.3, 0.4) is 0 Å². The van der Waals surface area contributed by atoms with Gasteiger partial charge in [-0.2, -0.15) is 0 Å². The topological polar surface area (TPSA) is 32.0 Å². The lowest BCUT2D eigenvalue weighted by atomic mass is 10.5. The molecule has 0 radical (unpaired) electrons. The van der Waals surface area contributed by atoms with Crippen molar-refractivity contribution in [2.24, 2.45) is 0 Å². The van der Waals surface area contributed by atoms with Crippen LogP contribution in [0.25, 0.3) is 0 Å². The van der Waals surface area contributed by atoms with Gasteiger partial charge in [0.15, 0.2) is 6.20 Å². The Morgan fingerprint density at radius 2 is 1.86 bits per heavy atom. The average Bonchev–Trinajstić information content (AvgIpc) is 2.57. The van der Waals surface area contributed by atoms with Gasteiger partial charge in [0, 0.05) is 24.5 Å². The van der Waals surface area contributed by atoms with Crippen molar-refractivity contribution >= 4 is 35.7 Å². The summed E-state index contributed by atoms with van der Waals surface area (Å²) in [5.41, 5.74) is 0. The number of rotatable bonds is 5. The minimum Gasteiger partial charge on any atom is -0.317 e. The van der Waals surface area contributed by atoms with E-state index in [0.717, 1.165) is 14.7 Å². The SMILES string of the molecule is S=c1ccccn1C(Sc1ccccn1)Sc1cccc[nH+]1. The molecule has 110 valence electrons. The van der Waals surface area contributed by atoms with Crippen LogP contribution < -0.4 is 4.98 Å². The van der Waals surface area contributed by atoms with E-state index in [4.69, 9.17) is 12.2 Å². The van der Waals surface area contributed by atoms with Crippen LogP contribution in [-0.4, -0.2) is 9.55 Å². The van der Waals surface area contributed by atoms with Crippen LogP contribution >= 0.6 is 35.7 Å². The molecule has 0 spiro atoms. The van der Waals surface area contributed by atoms with Crippen LogP contribution in [0.5, 0.6) is 0 Å². The number of pyridine rings is 3. The number of hydrogen-bond acceptors (Lipinski definition) is 4. The van der Waals surface area contributed by atoms with E-state index in [1.807, 2.05) is 67.1 Å². The van der Waals surface area contributed by atoms with Crippen LogP contribution in [0.15, 0.2) is 83.2 Å². The van der Waals surface area contributed by atoms with E-state index in [-0.39, 0.29) is 4.71 Å².